The van der Waals surface area contributed by atoms with Crippen LogP contribution >= 0.6 is 34.3 Å². The van der Waals surface area contributed by atoms with Crippen molar-refractivity contribution in [2.45, 2.75) is 19.0 Å². The van der Waals surface area contributed by atoms with Crippen LogP contribution in [0.25, 0.3) is 0 Å². The average Bonchev–Trinajstić information content (AvgIpc) is 3.06. The molecule has 3 nitrogen and oxygen atoms in total. The lowest BCUT2D eigenvalue weighted by atomic mass is 10.1. The third kappa shape index (κ3) is 3.57. The van der Waals surface area contributed by atoms with Crippen LogP contribution in [0.15, 0.2) is 29.6 Å². The Balaban J connectivity index is 2.23. The molecule has 0 amide bonds. The van der Waals surface area contributed by atoms with Crippen molar-refractivity contribution in [3.8, 4) is 0 Å². The van der Waals surface area contributed by atoms with Crippen molar-refractivity contribution in [3.05, 3.63) is 43.7 Å². The van der Waals surface area contributed by atoms with Gasteiger partial charge < -0.3 is 4.74 Å². The topological polar surface area (TPSA) is 38.3 Å². The predicted octanol–water partition coefficient (Wildman–Crippen LogP) is 3.70. The van der Waals surface area contributed by atoms with E-state index in [1.807, 2.05) is 29.6 Å². The summed E-state index contributed by atoms with van der Waals surface area (Å²) in [6.07, 6.45) is 0. The van der Waals surface area contributed by atoms with E-state index in [1.54, 1.807) is 18.3 Å². The summed E-state index contributed by atoms with van der Waals surface area (Å²) >= 11 is 9.15. The van der Waals surface area contributed by atoms with Crippen LogP contribution in [-0.4, -0.2) is 19.1 Å². The maximum absolute atomic E-state index is 11.5. The molecule has 2 aromatic rings. The largest absolute Gasteiger partial charge is 0.468 e. The van der Waals surface area contributed by atoms with Crippen molar-refractivity contribution in [2.24, 2.45) is 0 Å². The SMILES string of the molecule is COC(=O)C(C)NC(c1cccs1)c1ccc(Cl)s1. The van der Waals surface area contributed by atoms with Gasteiger partial charge in [-0.3, -0.25) is 10.1 Å². The lowest BCUT2D eigenvalue weighted by Gasteiger charge is -2.20. The van der Waals surface area contributed by atoms with E-state index in [0.29, 0.717) is 0 Å². The zero-order valence-electron chi connectivity index (χ0n) is 10.6. The highest BCUT2D eigenvalue weighted by Crippen LogP contribution is 2.33. The minimum absolute atomic E-state index is 0.0356. The van der Waals surface area contributed by atoms with Gasteiger partial charge in [0.2, 0.25) is 0 Å². The number of carbonyl (C=O) groups excluding carboxylic acids is 1. The standard InChI is InChI=1S/C13H14ClNO2S2/c1-8(13(16)17-2)15-12(9-4-3-7-18-9)10-5-6-11(14)19-10/h3-8,12,15H,1-2H3. The molecule has 0 aliphatic carbocycles. The molecule has 2 rings (SSSR count). The Bertz CT molecular complexity index is 539. The molecule has 2 heterocycles. The molecule has 0 aliphatic heterocycles. The number of rotatable bonds is 5. The molecular formula is C13H14ClNO2S2. The summed E-state index contributed by atoms with van der Waals surface area (Å²) in [6.45, 7) is 1.79. The first kappa shape index (κ1) is 14.5. The zero-order chi connectivity index (χ0) is 13.8. The van der Waals surface area contributed by atoms with E-state index in [-0.39, 0.29) is 18.1 Å². The first-order chi connectivity index (χ1) is 9.11. The molecule has 0 aromatic carbocycles. The Hall–Kier alpha value is -0.880. The van der Waals surface area contributed by atoms with E-state index in [0.717, 1.165) is 14.1 Å². The fourth-order valence-electron chi connectivity index (χ4n) is 1.74. The zero-order valence-corrected chi connectivity index (χ0v) is 12.9. The number of carbonyl (C=O) groups is 1. The van der Waals surface area contributed by atoms with Crippen LogP contribution in [0.5, 0.6) is 0 Å². The van der Waals surface area contributed by atoms with Crippen LogP contribution in [0.2, 0.25) is 4.34 Å². The summed E-state index contributed by atoms with van der Waals surface area (Å²) in [4.78, 5) is 13.8. The second-order valence-corrected chi connectivity index (χ2v) is 6.73. The summed E-state index contributed by atoms with van der Waals surface area (Å²) in [6, 6.07) is 7.47. The van der Waals surface area contributed by atoms with Crippen LogP contribution in [0, 0.1) is 0 Å². The van der Waals surface area contributed by atoms with E-state index in [9.17, 15) is 4.79 Å². The third-order valence-corrected chi connectivity index (χ3v) is 4.91. The van der Waals surface area contributed by atoms with Crippen LogP contribution in [0.1, 0.15) is 22.7 Å². The molecule has 2 aromatic heterocycles. The van der Waals surface area contributed by atoms with Crippen molar-refractivity contribution in [1.82, 2.24) is 5.32 Å². The summed E-state index contributed by atoms with van der Waals surface area (Å²) in [5, 5.41) is 5.30. The van der Waals surface area contributed by atoms with Crippen LogP contribution in [0.3, 0.4) is 0 Å². The highest BCUT2D eigenvalue weighted by atomic mass is 35.5. The van der Waals surface area contributed by atoms with Gasteiger partial charge >= 0.3 is 5.97 Å². The number of thiophene rings is 2. The summed E-state index contributed by atoms with van der Waals surface area (Å²) in [7, 11) is 1.39. The summed E-state index contributed by atoms with van der Waals surface area (Å²) in [5.74, 6) is -0.274. The van der Waals surface area contributed by atoms with E-state index in [1.165, 1.54) is 18.4 Å². The number of hydrogen-bond acceptors (Lipinski definition) is 5. The molecule has 2 unspecified atom stereocenters. The van der Waals surface area contributed by atoms with E-state index in [2.05, 4.69) is 5.32 Å². The van der Waals surface area contributed by atoms with Crippen LogP contribution < -0.4 is 5.32 Å². The fraction of sp³-hybridized carbons (Fsp3) is 0.308. The lowest BCUT2D eigenvalue weighted by Crippen LogP contribution is -2.37. The fourth-order valence-corrected chi connectivity index (χ4v) is 3.76. The van der Waals surface area contributed by atoms with Gasteiger partial charge in [0.1, 0.15) is 6.04 Å². The summed E-state index contributed by atoms with van der Waals surface area (Å²) < 4.78 is 5.49. The molecule has 102 valence electrons. The van der Waals surface area contributed by atoms with Gasteiger partial charge in [-0.05, 0) is 30.5 Å². The lowest BCUT2D eigenvalue weighted by molar-refractivity contribution is -0.142. The van der Waals surface area contributed by atoms with Crippen molar-refractivity contribution in [3.63, 3.8) is 0 Å². The van der Waals surface area contributed by atoms with Crippen molar-refractivity contribution < 1.29 is 9.53 Å². The van der Waals surface area contributed by atoms with Gasteiger partial charge in [-0.2, -0.15) is 0 Å². The quantitative estimate of drug-likeness (QED) is 0.855. The van der Waals surface area contributed by atoms with E-state index >= 15 is 0 Å². The highest BCUT2D eigenvalue weighted by molar-refractivity contribution is 7.16. The molecule has 0 aliphatic rings. The maximum Gasteiger partial charge on any atom is 0.322 e. The van der Waals surface area contributed by atoms with E-state index in [4.69, 9.17) is 16.3 Å². The number of ether oxygens (including phenoxy) is 1. The van der Waals surface area contributed by atoms with Gasteiger partial charge in [-0.25, -0.2) is 0 Å². The monoisotopic (exact) mass is 315 g/mol. The van der Waals surface area contributed by atoms with Gasteiger partial charge in [0.15, 0.2) is 0 Å². The van der Waals surface area contributed by atoms with Crippen LogP contribution in [0.4, 0.5) is 0 Å². The normalized spacial score (nSPS) is 14.1. The van der Waals surface area contributed by atoms with Gasteiger partial charge in [-0.1, -0.05) is 17.7 Å². The molecule has 0 saturated carbocycles. The second-order valence-electron chi connectivity index (χ2n) is 4.00. The molecule has 6 heteroatoms. The Morgan fingerprint density at radius 3 is 2.68 bits per heavy atom. The third-order valence-electron chi connectivity index (χ3n) is 2.68. The minimum atomic E-state index is -0.377. The molecule has 0 radical (unpaired) electrons. The molecule has 19 heavy (non-hydrogen) atoms. The van der Waals surface area contributed by atoms with Crippen molar-refractivity contribution >= 4 is 40.2 Å². The smallest absolute Gasteiger partial charge is 0.322 e. The first-order valence-electron chi connectivity index (χ1n) is 5.74. The van der Waals surface area contributed by atoms with Gasteiger partial charge in [0.05, 0.1) is 17.5 Å². The Morgan fingerprint density at radius 1 is 1.37 bits per heavy atom. The molecular weight excluding hydrogens is 302 g/mol. The number of esters is 1. The predicted molar refractivity (Wildman–Crippen MR) is 80.1 cm³/mol. The molecule has 0 saturated heterocycles. The summed E-state index contributed by atoms with van der Waals surface area (Å²) in [5.41, 5.74) is 0. The molecule has 0 spiro atoms. The van der Waals surface area contributed by atoms with Crippen molar-refractivity contribution in [1.29, 1.82) is 0 Å². The Morgan fingerprint density at radius 2 is 2.16 bits per heavy atom. The minimum Gasteiger partial charge on any atom is -0.468 e. The number of hydrogen-bond donors (Lipinski definition) is 1. The molecule has 2 atom stereocenters. The van der Waals surface area contributed by atoms with Gasteiger partial charge in [-0.15, -0.1) is 22.7 Å². The van der Waals surface area contributed by atoms with Crippen LogP contribution in [-0.2, 0) is 9.53 Å². The number of halogens is 1. The second kappa shape index (κ2) is 6.52. The average molecular weight is 316 g/mol. The first-order valence-corrected chi connectivity index (χ1v) is 7.81. The highest BCUT2D eigenvalue weighted by Gasteiger charge is 2.23. The Labute approximate surface area is 125 Å². The number of nitrogens with one attached hydrogen (secondary N) is 1. The maximum atomic E-state index is 11.5. The molecule has 0 bridgehead atoms. The van der Waals surface area contributed by atoms with Crippen molar-refractivity contribution in [2.75, 3.05) is 7.11 Å². The van der Waals surface area contributed by atoms with Gasteiger partial charge in [0, 0.05) is 9.75 Å². The van der Waals surface area contributed by atoms with Gasteiger partial charge in [0.25, 0.3) is 0 Å². The number of methoxy groups -OCH3 is 1. The molecule has 1 N–H and O–H groups in total. The molecule has 0 fully saturated rings. The van der Waals surface area contributed by atoms with E-state index < -0.39 is 0 Å². The Kier molecular flexibility index (Phi) is 4.99.